The lowest BCUT2D eigenvalue weighted by Crippen LogP contribution is -2.44. The topological polar surface area (TPSA) is 15.3 Å². The van der Waals surface area contributed by atoms with E-state index in [-0.39, 0.29) is 0 Å². The van der Waals surface area contributed by atoms with Gasteiger partial charge in [0.25, 0.3) is 0 Å². The molecule has 0 unspecified atom stereocenters. The van der Waals surface area contributed by atoms with Gasteiger partial charge in [-0.2, -0.15) is 0 Å². The molecule has 1 aromatic rings. The van der Waals surface area contributed by atoms with Crippen molar-refractivity contribution in [2.45, 2.75) is 19.9 Å². The first kappa shape index (κ1) is 10.7. The first-order valence-electron chi connectivity index (χ1n) is 5.79. The smallest absolute Gasteiger partial charge is 0.0321 e. The zero-order valence-electron chi connectivity index (χ0n) is 9.66. The van der Waals surface area contributed by atoms with Crippen molar-refractivity contribution in [1.82, 2.24) is 10.2 Å². The summed E-state index contributed by atoms with van der Waals surface area (Å²) in [5.74, 6) is 0. The molecule has 0 bridgehead atoms. The highest BCUT2D eigenvalue weighted by molar-refractivity contribution is 5.24. The van der Waals surface area contributed by atoms with Crippen molar-refractivity contribution in [3.8, 4) is 0 Å². The summed E-state index contributed by atoms with van der Waals surface area (Å²) in [6, 6.07) is 9.40. The molecular weight excluding hydrogens is 184 g/mol. The van der Waals surface area contributed by atoms with E-state index in [0.717, 1.165) is 26.2 Å². The monoisotopic (exact) mass is 204 g/mol. The molecule has 1 aliphatic heterocycles. The average molecular weight is 204 g/mol. The zero-order valence-corrected chi connectivity index (χ0v) is 9.66. The van der Waals surface area contributed by atoms with Crippen LogP contribution in [0.15, 0.2) is 24.3 Å². The average Bonchev–Trinajstić information content (AvgIpc) is 2.29. The number of aryl methyl sites for hydroxylation is 1. The van der Waals surface area contributed by atoms with Gasteiger partial charge in [-0.3, -0.25) is 4.90 Å². The highest BCUT2D eigenvalue weighted by atomic mass is 15.2. The van der Waals surface area contributed by atoms with Crippen molar-refractivity contribution in [3.05, 3.63) is 35.4 Å². The van der Waals surface area contributed by atoms with Gasteiger partial charge in [0, 0.05) is 32.2 Å². The van der Waals surface area contributed by atoms with Gasteiger partial charge in [0.05, 0.1) is 0 Å². The highest BCUT2D eigenvalue weighted by Gasteiger charge is 2.17. The van der Waals surface area contributed by atoms with Crippen molar-refractivity contribution >= 4 is 0 Å². The number of hydrogen-bond donors (Lipinski definition) is 1. The van der Waals surface area contributed by atoms with Gasteiger partial charge in [-0.25, -0.2) is 0 Å². The number of nitrogens with one attached hydrogen (secondary N) is 1. The summed E-state index contributed by atoms with van der Waals surface area (Å²) in [4.78, 5) is 2.55. The molecule has 0 radical (unpaired) electrons. The molecule has 0 aliphatic carbocycles. The molecule has 0 aromatic heterocycles. The van der Waals surface area contributed by atoms with Crippen LogP contribution in [0.1, 0.15) is 24.1 Å². The van der Waals surface area contributed by atoms with E-state index >= 15 is 0 Å². The van der Waals surface area contributed by atoms with Crippen LogP contribution in [0.2, 0.25) is 0 Å². The fourth-order valence-electron chi connectivity index (χ4n) is 2.21. The largest absolute Gasteiger partial charge is 0.314 e. The summed E-state index contributed by atoms with van der Waals surface area (Å²) in [6.07, 6.45) is 0. The molecule has 2 rings (SSSR count). The number of rotatable bonds is 2. The predicted molar refractivity (Wildman–Crippen MR) is 64.0 cm³/mol. The summed E-state index contributed by atoms with van der Waals surface area (Å²) < 4.78 is 0. The van der Waals surface area contributed by atoms with Crippen LogP contribution < -0.4 is 5.32 Å². The van der Waals surface area contributed by atoms with Crippen LogP contribution in [0.25, 0.3) is 0 Å². The van der Waals surface area contributed by atoms with Crippen LogP contribution in [0, 0.1) is 6.92 Å². The summed E-state index contributed by atoms with van der Waals surface area (Å²) in [5, 5.41) is 3.39. The molecule has 0 amide bonds. The Morgan fingerprint density at radius 1 is 1.27 bits per heavy atom. The summed E-state index contributed by atoms with van der Waals surface area (Å²) >= 11 is 0. The second-order valence-electron chi connectivity index (χ2n) is 4.38. The summed E-state index contributed by atoms with van der Waals surface area (Å²) in [7, 11) is 0. The van der Waals surface area contributed by atoms with E-state index in [0.29, 0.717) is 6.04 Å². The maximum atomic E-state index is 3.39. The third kappa shape index (κ3) is 2.58. The first-order chi connectivity index (χ1) is 7.27. The Labute approximate surface area is 92.3 Å². The number of benzene rings is 1. The van der Waals surface area contributed by atoms with Crippen LogP contribution >= 0.6 is 0 Å². The van der Waals surface area contributed by atoms with Gasteiger partial charge in [-0.05, 0) is 19.4 Å². The molecule has 2 nitrogen and oxygen atoms in total. The van der Waals surface area contributed by atoms with Crippen molar-refractivity contribution < 1.29 is 0 Å². The van der Waals surface area contributed by atoms with Crippen molar-refractivity contribution in [2.75, 3.05) is 26.2 Å². The fraction of sp³-hybridized carbons (Fsp3) is 0.538. The molecular formula is C13H20N2. The molecule has 1 fully saturated rings. The zero-order chi connectivity index (χ0) is 10.7. The molecule has 15 heavy (non-hydrogen) atoms. The molecule has 1 N–H and O–H groups in total. The van der Waals surface area contributed by atoms with Crippen LogP contribution in [-0.2, 0) is 0 Å². The van der Waals surface area contributed by atoms with E-state index in [9.17, 15) is 0 Å². The van der Waals surface area contributed by atoms with Crippen LogP contribution in [0.5, 0.6) is 0 Å². The van der Waals surface area contributed by atoms with Gasteiger partial charge in [-0.1, -0.05) is 29.8 Å². The van der Waals surface area contributed by atoms with Gasteiger partial charge >= 0.3 is 0 Å². The van der Waals surface area contributed by atoms with Gasteiger partial charge in [-0.15, -0.1) is 0 Å². The molecule has 0 spiro atoms. The first-order valence-corrected chi connectivity index (χ1v) is 5.79. The Morgan fingerprint density at radius 3 is 2.67 bits per heavy atom. The van der Waals surface area contributed by atoms with E-state index in [2.05, 4.69) is 48.3 Å². The number of nitrogens with zero attached hydrogens (tertiary/aromatic N) is 1. The lowest BCUT2D eigenvalue weighted by molar-refractivity contribution is 0.185. The minimum absolute atomic E-state index is 0.548. The molecule has 1 saturated heterocycles. The third-order valence-electron chi connectivity index (χ3n) is 3.22. The second kappa shape index (κ2) is 4.77. The number of hydrogen-bond acceptors (Lipinski definition) is 2. The normalized spacial score (nSPS) is 20.1. The minimum atomic E-state index is 0.548. The molecule has 1 aliphatic rings. The van der Waals surface area contributed by atoms with E-state index in [1.165, 1.54) is 11.1 Å². The van der Waals surface area contributed by atoms with Gasteiger partial charge < -0.3 is 5.32 Å². The molecule has 82 valence electrons. The van der Waals surface area contributed by atoms with Crippen molar-refractivity contribution in [1.29, 1.82) is 0 Å². The Kier molecular flexibility index (Phi) is 3.39. The molecule has 1 atom stereocenters. The quantitative estimate of drug-likeness (QED) is 0.792. The van der Waals surface area contributed by atoms with E-state index in [1.54, 1.807) is 0 Å². The third-order valence-corrected chi connectivity index (χ3v) is 3.22. The Bertz CT molecular complexity index is 316. The Hall–Kier alpha value is -0.860. The van der Waals surface area contributed by atoms with Crippen LogP contribution in [0.4, 0.5) is 0 Å². The lowest BCUT2D eigenvalue weighted by atomic mass is 10.0. The maximum Gasteiger partial charge on any atom is 0.0321 e. The minimum Gasteiger partial charge on any atom is -0.314 e. The van der Waals surface area contributed by atoms with Crippen molar-refractivity contribution in [3.63, 3.8) is 0 Å². The number of piperazine rings is 1. The van der Waals surface area contributed by atoms with Gasteiger partial charge in [0.15, 0.2) is 0 Å². The SMILES string of the molecule is Cc1cccc([C@@H](C)N2CCNCC2)c1. The molecule has 1 aromatic carbocycles. The van der Waals surface area contributed by atoms with Crippen LogP contribution in [0.3, 0.4) is 0 Å². The fourth-order valence-corrected chi connectivity index (χ4v) is 2.21. The Morgan fingerprint density at radius 2 is 2.00 bits per heavy atom. The van der Waals surface area contributed by atoms with Gasteiger partial charge in [0.1, 0.15) is 0 Å². The summed E-state index contributed by atoms with van der Waals surface area (Å²) in [5.41, 5.74) is 2.80. The molecule has 0 saturated carbocycles. The predicted octanol–water partition coefficient (Wildman–Crippen LogP) is 1.96. The lowest BCUT2D eigenvalue weighted by Gasteiger charge is -2.33. The molecule has 1 heterocycles. The Balaban J connectivity index is 2.08. The van der Waals surface area contributed by atoms with E-state index in [1.807, 2.05) is 0 Å². The van der Waals surface area contributed by atoms with Crippen LogP contribution in [-0.4, -0.2) is 31.1 Å². The van der Waals surface area contributed by atoms with E-state index in [4.69, 9.17) is 0 Å². The maximum absolute atomic E-state index is 3.39. The van der Waals surface area contributed by atoms with E-state index < -0.39 is 0 Å². The van der Waals surface area contributed by atoms with Gasteiger partial charge in [0.2, 0.25) is 0 Å². The molecule has 2 heteroatoms. The van der Waals surface area contributed by atoms with Crippen molar-refractivity contribution in [2.24, 2.45) is 0 Å². The summed E-state index contributed by atoms with van der Waals surface area (Å²) in [6.45, 7) is 9.03. The highest BCUT2D eigenvalue weighted by Crippen LogP contribution is 2.20. The standard InChI is InChI=1S/C13H20N2/c1-11-4-3-5-13(10-11)12(2)15-8-6-14-7-9-15/h3-5,10,12,14H,6-9H2,1-2H3/t12-/m1/s1. The second-order valence-corrected chi connectivity index (χ2v) is 4.38.